The minimum Gasteiger partial charge on any atom is -0.477 e. The van der Waals surface area contributed by atoms with E-state index < -0.39 is 10.0 Å². The van der Waals surface area contributed by atoms with Gasteiger partial charge in [0.05, 0.1) is 36.5 Å². The minimum atomic E-state index is -3.55. The van der Waals surface area contributed by atoms with Gasteiger partial charge in [0.15, 0.2) is 0 Å². The van der Waals surface area contributed by atoms with Crippen LogP contribution in [-0.2, 0) is 14.8 Å². The molecular weight excluding hydrogens is 324 g/mol. The summed E-state index contributed by atoms with van der Waals surface area (Å²) in [4.78, 5) is 4.07. The Labute approximate surface area is 114 Å². The number of hydrogen-bond donors (Lipinski definition) is 1. The number of aromatic nitrogens is 1. The molecule has 18 heavy (non-hydrogen) atoms. The largest absolute Gasteiger partial charge is 0.477 e. The summed E-state index contributed by atoms with van der Waals surface area (Å²) in [7, 11) is -3.55. The summed E-state index contributed by atoms with van der Waals surface area (Å²) in [6.45, 7) is 3.11. The molecule has 2 rings (SSSR count). The van der Waals surface area contributed by atoms with Crippen molar-refractivity contribution in [1.82, 2.24) is 9.71 Å². The fourth-order valence-electron chi connectivity index (χ4n) is 1.39. The van der Waals surface area contributed by atoms with Crippen LogP contribution in [0.1, 0.15) is 6.92 Å². The second-order valence-corrected chi connectivity index (χ2v) is 6.31. The second-order valence-electron chi connectivity index (χ2n) is 3.75. The zero-order valence-electron chi connectivity index (χ0n) is 9.72. The molecule has 1 saturated heterocycles. The molecule has 0 aromatic carbocycles. The molecule has 0 bridgehead atoms. The van der Waals surface area contributed by atoms with Crippen molar-refractivity contribution >= 4 is 26.0 Å². The van der Waals surface area contributed by atoms with Gasteiger partial charge < -0.3 is 9.47 Å². The first-order valence-electron chi connectivity index (χ1n) is 5.41. The van der Waals surface area contributed by atoms with Crippen LogP contribution in [0.3, 0.4) is 0 Å². The molecule has 8 heteroatoms. The van der Waals surface area contributed by atoms with Crippen molar-refractivity contribution < 1.29 is 17.9 Å². The molecule has 2 heterocycles. The van der Waals surface area contributed by atoms with E-state index in [4.69, 9.17) is 9.47 Å². The molecular formula is C10H13BrN2O4S. The quantitative estimate of drug-likeness (QED) is 0.865. The van der Waals surface area contributed by atoms with E-state index in [2.05, 4.69) is 25.6 Å². The minimum absolute atomic E-state index is 0.102. The van der Waals surface area contributed by atoms with Crippen LogP contribution < -0.4 is 9.46 Å². The van der Waals surface area contributed by atoms with Crippen LogP contribution >= 0.6 is 15.9 Å². The number of nitrogens with one attached hydrogen (secondary N) is 1. The molecule has 1 N–H and O–H groups in total. The van der Waals surface area contributed by atoms with Crippen molar-refractivity contribution in [2.45, 2.75) is 17.9 Å². The standard InChI is InChI=1S/C10H13BrN2O4S/c1-2-17-10-9(11)3-8(4-12-10)18(14,15)13-7-5-16-6-7/h3-4,7,13H,2,5-6H2,1H3. The number of pyridine rings is 1. The Morgan fingerprint density at radius 1 is 1.61 bits per heavy atom. The Kier molecular flexibility index (Phi) is 4.21. The van der Waals surface area contributed by atoms with Gasteiger partial charge in [0, 0.05) is 0 Å². The van der Waals surface area contributed by atoms with E-state index in [1.165, 1.54) is 12.3 Å². The highest BCUT2D eigenvalue weighted by Gasteiger charge is 2.26. The van der Waals surface area contributed by atoms with Crippen molar-refractivity contribution in [3.8, 4) is 5.88 Å². The average molecular weight is 337 g/mol. The normalized spacial score (nSPS) is 16.3. The molecule has 1 aromatic heterocycles. The number of rotatable bonds is 5. The van der Waals surface area contributed by atoms with E-state index in [0.29, 0.717) is 30.2 Å². The third-order valence-corrected chi connectivity index (χ3v) is 4.39. The Bertz CT molecular complexity index is 531. The van der Waals surface area contributed by atoms with E-state index in [1.54, 1.807) is 0 Å². The molecule has 0 saturated carbocycles. The Morgan fingerprint density at radius 3 is 2.83 bits per heavy atom. The summed E-state index contributed by atoms with van der Waals surface area (Å²) >= 11 is 3.23. The zero-order chi connectivity index (χ0) is 13.2. The van der Waals surface area contributed by atoms with Crippen LogP contribution in [0.2, 0.25) is 0 Å². The van der Waals surface area contributed by atoms with E-state index in [-0.39, 0.29) is 10.9 Å². The Balaban J connectivity index is 2.19. The SMILES string of the molecule is CCOc1ncc(S(=O)(=O)NC2COC2)cc1Br. The van der Waals surface area contributed by atoms with Gasteiger partial charge >= 0.3 is 0 Å². The number of nitrogens with zero attached hydrogens (tertiary/aromatic N) is 1. The van der Waals surface area contributed by atoms with Gasteiger partial charge in [-0.3, -0.25) is 0 Å². The molecule has 1 fully saturated rings. The smallest absolute Gasteiger partial charge is 0.242 e. The second kappa shape index (κ2) is 5.52. The lowest BCUT2D eigenvalue weighted by molar-refractivity contribution is 0.00482. The summed E-state index contributed by atoms with van der Waals surface area (Å²) < 4.78 is 37.2. The molecule has 6 nitrogen and oxygen atoms in total. The van der Waals surface area contributed by atoms with Gasteiger partial charge in [-0.25, -0.2) is 18.1 Å². The highest BCUT2D eigenvalue weighted by molar-refractivity contribution is 9.10. The summed E-state index contributed by atoms with van der Waals surface area (Å²) in [5.74, 6) is 0.378. The topological polar surface area (TPSA) is 77.5 Å². The van der Waals surface area contributed by atoms with Crippen molar-refractivity contribution in [1.29, 1.82) is 0 Å². The summed E-state index contributed by atoms with van der Waals surface area (Å²) in [6, 6.07) is 1.32. The highest BCUT2D eigenvalue weighted by Crippen LogP contribution is 2.25. The van der Waals surface area contributed by atoms with E-state index in [9.17, 15) is 8.42 Å². The van der Waals surface area contributed by atoms with E-state index in [0.717, 1.165) is 0 Å². The molecule has 0 radical (unpaired) electrons. The first kappa shape index (κ1) is 13.7. The van der Waals surface area contributed by atoms with Crippen molar-refractivity contribution in [3.05, 3.63) is 16.7 Å². The molecule has 0 unspecified atom stereocenters. The zero-order valence-corrected chi connectivity index (χ0v) is 12.1. The van der Waals surface area contributed by atoms with Gasteiger partial charge in [-0.2, -0.15) is 0 Å². The fourth-order valence-corrected chi connectivity index (χ4v) is 3.18. The van der Waals surface area contributed by atoms with Gasteiger partial charge in [0.25, 0.3) is 0 Å². The van der Waals surface area contributed by atoms with Crippen LogP contribution in [0.4, 0.5) is 0 Å². The maximum atomic E-state index is 12.0. The lowest BCUT2D eigenvalue weighted by atomic mass is 10.3. The van der Waals surface area contributed by atoms with Gasteiger partial charge in [0.1, 0.15) is 4.90 Å². The van der Waals surface area contributed by atoms with E-state index in [1.807, 2.05) is 6.92 Å². The monoisotopic (exact) mass is 336 g/mol. The number of sulfonamides is 1. The number of ether oxygens (including phenoxy) is 2. The first-order chi connectivity index (χ1) is 8.53. The highest BCUT2D eigenvalue weighted by atomic mass is 79.9. The molecule has 0 amide bonds. The third kappa shape index (κ3) is 3.00. The lowest BCUT2D eigenvalue weighted by Gasteiger charge is -2.26. The van der Waals surface area contributed by atoms with Crippen LogP contribution in [0.15, 0.2) is 21.6 Å². The van der Waals surface area contributed by atoms with Crippen molar-refractivity contribution in [2.75, 3.05) is 19.8 Å². The van der Waals surface area contributed by atoms with E-state index >= 15 is 0 Å². The molecule has 100 valence electrons. The van der Waals surface area contributed by atoms with Crippen LogP contribution in [-0.4, -0.2) is 39.3 Å². The van der Waals surface area contributed by atoms with Crippen LogP contribution in [0.25, 0.3) is 0 Å². The molecule has 1 aliphatic rings. The first-order valence-corrected chi connectivity index (χ1v) is 7.69. The van der Waals surface area contributed by atoms with Gasteiger partial charge in [-0.15, -0.1) is 0 Å². The number of hydrogen-bond acceptors (Lipinski definition) is 5. The predicted octanol–water partition coefficient (Wildman–Crippen LogP) is 0.920. The maximum absolute atomic E-state index is 12.0. The fraction of sp³-hybridized carbons (Fsp3) is 0.500. The Morgan fingerprint density at radius 2 is 2.33 bits per heavy atom. The number of halogens is 1. The Hall–Kier alpha value is -0.700. The van der Waals surface area contributed by atoms with Crippen molar-refractivity contribution in [3.63, 3.8) is 0 Å². The molecule has 1 aliphatic heterocycles. The average Bonchev–Trinajstić information content (AvgIpc) is 2.27. The summed E-state index contributed by atoms with van der Waals surface area (Å²) in [6.07, 6.45) is 1.28. The molecule has 0 aliphatic carbocycles. The molecule has 0 spiro atoms. The maximum Gasteiger partial charge on any atom is 0.242 e. The van der Waals surface area contributed by atoms with Gasteiger partial charge in [-0.05, 0) is 28.9 Å². The summed E-state index contributed by atoms with van der Waals surface area (Å²) in [5, 5.41) is 0. The van der Waals surface area contributed by atoms with Gasteiger partial charge in [0.2, 0.25) is 15.9 Å². The van der Waals surface area contributed by atoms with Crippen molar-refractivity contribution in [2.24, 2.45) is 0 Å². The summed E-state index contributed by atoms with van der Waals surface area (Å²) in [5.41, 5.74) is 0. The van der Waals surface area contributed by atoms with Gasteiger partial charge in [-0.1, -0.05) is 0 Å². The van der Waals surface area contributed by atoms with Crippen LogP contribution in [0, 0.1) is 0 Å². The third-order valence-electron chi connectivity index (χ3n) is 2.33. The molecule has 1 aromatic rings. The predicted molar refractivity (Wildman–Crippen MR) is 68.0 cm³/mol. The van der Waals surface area contributed by atoms with Crippen LogP contribution in [0.5, 0.6) is 5.88 Å². The molecule has 0 atom stereocenters. The lowest BCUT2D eigenvalue weighted by Crippen LogP contribution is -2.48.